The standard InChI is InChI=1S/C13H21NO/c1-4-11(5-2)9-13(15)12-7-6-8-14-10(12)3/h6-8,11,13,15H,4-5,9H2,1-3H3. The lowest BCUT2D eigenvalue weighted by atomic mass is 9.92. The Labute approximate surface area is 92.4 Å². The van der Waals surface area contributed by atoms with Gasteiger partial charge in [0.2, 0.25) is 0 Å². The van der Waals surface area contributed by atoms with Gasteiger partial charge in [0.05, 0.1) is 6.10 Å². The molecule has 1 unspecified atom stereocenters. The van der Waals surface area contributed by atoms with E-state index in [1.165, 1.54) is 0 Å². The lowest BCUT2D eigenvalue weighted by Crippen LogP contribution is -2.07. The molecule has 0 bridgehead atoms. The molecule has 0 spiro atoms. The van der Waals surface area contributed by atoms with Crippen molar-refractivity contribution in [1.82, 2.24) is 4.98 Å². The zero-order chi connectivity index (χ0) is 11.3. The van der Waals surface area contributed by atoms with Crippen molar-refractivity contribution in [2.24, 2.45) is 5.92 Å². The van der Waals surface area contributed by atoms with E-state index in [0.717, 1.165) is 30.5 Å². The van der Waals surface area contributed by atoms with E-state index < -0.39 is 0 Å². The first-order chi connectivity index (χ1) is 7.19. The molecule has 1 rings (SSSR count). The summed E-state index contributed by atoms with van der Waals surface area (Å²) in [4.78, 5) is 4.20. The lowest BCUT2D eigenvalue weighted by molar-refractivity contribution is 0.140. The van der Waals surface area contributed by atoms with Gasteiger partial charge < -0.3 is 5.11 Å². The van der Waals surface area contributed by atoms with Gasteiger partial charge in [0.25, 0.3) is 0 Å². The fourth-order valence-corrected chi connectivity index (χ4v) is 1.91. The third-order valence-electron chi connectivity index (χ3n) is 3.12. The van der Waals surface area contributed by atoms with Crippen LogP contribution in [0.2, 0.25) is 0 Å². The summed E-state index contributed by atoms with van der Waals surface area (Å²) in [6.45, 7) is 6.30. The Morgan fingerprint density at radius 1 is 1.33 bits per heavy atom. The van der Waals surface area contributed by atoms with Crippen LogP contribution in [-0.2, 0) is 0 Å². The highest BCUT2D eigenvalue weighted by Crippen LogP contribution is 2.26. The Morgan fingerprint density at radius 2 is 2.00 bits per heavy atom. The van der Waals surface area contributed by atoms with Crippen LogP contribution < -0.4 is 0 Å². The third kappa shape index (κ3) is 3.31. The maximum atomic E-state index is 10.1. The first-order valence-corrected chi connectivity index (χ1v) is 5.78. The largest absolute Gasteiger partial charge is 0.388 e. The highest BCUT2D eigenvalue weighted by Gasteiger charge is 2.15. The van der Waals surface area contributed by atoms with Crippen LogP contribution in [0.25, 0.3) is 0 Å². The zero-order valence-corrected chi connectivity index (χ0v) is 9.90. The van der Waals surface area contributed by atoms with Gasteiger partial charge in [-0.2, -0.15) is 0 Å². The quantitative estimate of drug-likeness (QED) is 0.804. The van der Waals surface area contributed by atoms with Gasteiger partial charge in [-0.1, -0.05) is 32.8 Å². The summed E-state index contributed by atoms with van der Waals surface area (Å²) in [7, 11) is 0. The smallest absolute Gasteiger partial charge is 0.0810 e. The number of nitrogens with zero attached hydrogens (tertiary/aromatic N) is 1. The minimum Gasteiger partial charge on any atom is -0.388 e. The molecule has 0 saturated heterocycles. The van der Waals surface area contributed by atoms with Crippen molar-refractivity contribution >= 4 is 0 Å². The van der Waals surface area contributed by atoms with E-state index in [-0.39, 0.29) is 6.10 Å². The highest BCUT2D eigenvalue weighted by molar-refractivity contribution is 5.20. The molecular formula is C13H21NO. The molecule has 0 aliphatic heterocycles. The monoisotopic (exact) mass is 207 g/mol. The normalized spacial score (nSPS) is 13.1. The van der Waals surface area contributed by atoms with Crippen molar-refractivity contribution in [3.05, 3.63) is 29.6 Å². The summed E-state index contributed by atoms with van der Waals surface area (Å²) in [6.07, 6.45) is 4.52. The van der Waals surface area contributed by atoms with Crippen LogP contribution in [0.3, 0.4) is 0 Å². The second-order valence-corrected chi connectivity index (χ2v) is 4.11. The topological polar surface area (TPSA) is 33.1 Å². The van der Waals surface area contributed by atoms with Gasteiger partial charge in [-0.05, 0) is 25.3 Å². The molecule has 0 amide bonds. The second kappa shape index (κ2) is 5.86. The van der Waals surface area contributed by atoms with Gasteiger partial charge in [0.15, 0.2) is 0 Å². The van der Waals surface area contributed by atoms with E-state index in [4.69, 9.17) is 0 Å². The molecule has 1 N–H and O–H groups in total. The van der Waals surface area contributed by atoms with Crippen LogP contribution in [0.5, 0.6) is 0 Å². The summed E-state index contributed by atoms with van der Waals surface area (Å²) < 4.78 is 0. The Balaban J connectivity index is 2.68. The molecule has 1 heterocycles. The lowest BCUT2D eigenvalue weighted by Gasteiger charge is -2.18. The van der Waals surface area contributed by atoms with Gasteiger partial charge in [-0.3, -0.25) is 4.98 Å². The van der Waals surface area contributed by atoms with Crippen molar-refractivity contribution in [1.29, 1.82) is 0 Å². The summed E-state index contributed by atoms with van der Waals surface area (Å²) in [5.41, 5.74) is 1.92. The van der Waals surface area contributed by atoms with Crippen molar-refractivity contribution in [2.45, 2.75) is 46.1 Å². The first kappa shape index (κ1) is 12.2. The van der Waals surface area contributed by atoms with E-state index in [1.807, 2.05) is 19.1 Å². The average molecular weight is 207 g/mol. The number of aliphatic hydroxyl groups is 1. The van der Waals surface area contributed by atoms with E-state index in [9.17, 15) is 5.11 Å². The van der Waals surface area contributed by atoms with Gasteiger partial charge in [-0.25, -0.2) is 0 Å². The highest BCUT2D eigenvalue weighted by atomic mass is 16.3. The molecule has 2 nitrogen and oxygen atoms in total. The Kier molecular flexibility index (Phi) is 4.76. The van der Waals surface area contributed by atoms with Crippen molar-refractivity contribution < 1.29 is 5.11 Å². The molecule has 0 aliphatic carbocycles. The molecule has 2 heteroatoms. The number of pyridine rings is 1. The molecule has 84 valence electrons. The molecule has 0 aromatic carbocycles. The van der Waals surface area contributed by atoms with Crippen LogP contribution in [-0.4, -0.2) is 10.1 Å². The fourth-order valence-electron chi connectivity index (χ4n) is 1.91. The minimum atomic E-state index is -0.358. The number of hydrogen-bond donors (Lipinski definition) is 1. The molecule has 0 fully saturated rings. The predicted octanol–water partition coefficient (Wildman–Crippen LogP) is 3.25. The Bertz CT molecular complexity index is 294. The molecule has 15 heavy (non-hydrogen) atoms. The SMILES string of the molecule is CCC(CC)CC(O)c1cccnc1C. The summed E-state index contributed by atoms with van der Waals surface area (Å²) in [5, 5.41) is 10.1. The van der Waals surface area contributed by atoms with Crippen LogP contribution in [0.15, 0.2) is 18.3 Å². The van der Waals surface area contributed by atoms with Crippen molar-refractivity contribution in [3.63, 3.8) is 0 Å². The van der Waals surface area contributed by atoms with Crippen LogP contribution >= 0.6 is 0 Å². The molecular weight excluding hydrogens is 186 g/mol. The Morgan fingerprint density at radius 3 is 2.53 bits per heavy atom. The minimum absolute atomic E-state index is 0.358. The maximum Gasteiger partial charge on any atom is 0.0810 e. The zero-order valence-electron chi connectivity index (χ0n) is 9.90. The second-order valence-electron chi connectivity index (χ2n) is 4.11. The summed E-state index contributed by atoms with van der Waals surface area (Å²) >= 11 is 0. The van der Waals surface area contributed by atoms with E-state index >= 15 is 0 Å². The van der Waals surface area contributed by atoms with Gasteiger partial charge in [0, 0.05) is 17.5 Å². The molecule has 1 atom stereocenters. The van der Waals surface area contributed by atoms with E-state index in [2.05, 4.69) is 18.8 Å². The number of aryl methyl sites for hydroxylation is 1. The van der Waals surface area contributed by atoms with Gasteiger partial charge in [-0.15, -0.1) is 0 Å². The van der Waals surface area contributed by atoms with E-state index in [0.29, 0.717) is 5.92 Å². The molecule has 0 aliphatic rings. The van der Waals surface area contributed by atoms with Gasteiger partial charge >= 0.3 is 0 Å². The molecule has 1 aromatic rings. The van der Waals surface area contributed by atoms with Gasteiger partial charge in [0.1, 0.15) is 0 Å². The summed E-state index contributed by atoms with van der Waals surface area (Å²) in [5.74, 6) is 0.611. The predicted molar refractivity (Wildman–Crippen MR) is 62.6 cm³/mol. The number of rotatable bonds is 5. The average Bonchev–Trinajstić information content (AvgIpc) is 2.26. The van der Waals surface area contributed by atoms with Crippen molar-refractivity contribution in [2.75, 3.05) is 0 Å². The number of hydrogen-bond acceptors (Lipinski definition) is 2. The van der Waals surface area contributed by atoms with Crippen LogP contribution in [0, 0.1) is 12.8 Å². The van der Waals surface area contributed by atoms with Crippen LogP contribution in [0.4, 0.5) is 0 Å². The first-order valence-electron chi connectivity index (χ1n) is 5.78. The third-order valence-corrected chi connectivity index (χ3v) is 3.12. The van der Waals surface area contributed by atoms with E-state index in [1.54, 1.807) is 6.20 Å². The number of aliphatic hydroxyl groups excluding tert-OH is 1. The fraction of sp³-hybridized carbons (Fsp3) is 0.615. The molecule has 0 radical (unpaired) electrons. The van der Waals surface area contributed by atoms with Crippen LogP contribution in [0.1, 0.15) is 50.5 Å². The van der Waals surface area contributed by atoms with Crippen molar-refractivity contribution in [3.8, 4) is 0 Å². The maximum absolute atomic E-state index is 10.1. The summed E-state index contributed by atoms with van der Waals surface area (Å²) in [6, 6.07) is 3.85. The number of aromatic nitrogens is 1. The molecule has 0 saturated carbocycles. The molecule has 1 aromatic heterocycles. The Hall–Kier alpha value is -0.890.